The van der Waals surface area contributed by atoms with Gasteiger partial charge < -0.3 is 11.5 Å². The first kappa shape index (κ1) is 25.3. The maximum absolute atomic E-state index is 13.3. The second-order valence-corrected chi connectivity index (χ2v) is 9.06. The Morgan fingerprint density at radius 1 is 0.710 bits per heavy atom. The van der Waals surface area contributed by atoms with Gasteiger partial charge in [-0.15, -0.1) is 0 Å². The summed E-state index contributed by atoms with van der Waals surface area (Å²) in [5, 5.41) is 0. The van der Waals surface area contributed by atoms with Crippen molar-refractivity contribution in [3.63, 3.8) is 0 Å². The van der Waals surface area contributed by atoms with E-state index in [1.165, 1.54) is 51.4 Å². The van der Waals surface area contributed by atoms with Crippen molar-refractivity contribution in [2.45, 2.75) is 95.6 Å². The average molecular weight is 423 g/mol. The van der Waals surface area contributed by atoms with Gasteiger partial charge in [-0.1, -0.05) is 132 Å². The van der Waals surface area contributed by atoms with Crippen LogP contribution in [0.3, 0.4) is 0 Å². The number of benzene rings is 2. The van der Waals surface area contributed by atoms with Crippen LogP contribution in [0.1, 0.15) is 101 Å². The second-order valence-electron chi connectivity index (χ2n) is 9.06. The predicted molar refractivity (Wildman–Crippen MR) is 132 cm³/mol. The van der Waals surface area contributed by atoms with Gasteiger partial charge in [0.2, 0.25) is 0 Å². The molecule has 170 valence electrons. The molecule has 0 saturated heterocycles. The molecule has 0 spiro atoms. The minimum atomic E-state index is -0.945. The van der Waals surface area contributed by atoms with Crippen LogP contribution in [0.15, 0.2) is 60.7 Å². The molecular formula is C28H42N2O. The van der Waals surface area contributed by atoms with Gasteiger partial charge in [-0.3, -0.25) is 4.79 Å². The molecule has 0 radical (unpaired) electrons. The van der Waals surface area contributed by atoms with Gasteiger partial charge in [0, 0.05) is 6.42 Å². The van der Waals surface area contributed by atoms with Gasteiger partial charge in [0.1, 0.15) is 5.78 Å². The van der Waals surface area contributed by atoms with Crippen molar-refractivity contribution in [2.24, 2.45) is 11.5 Å². The van der Waals surface area contributed by atoms with Crippen LogP contribution in [0.4, 0.5) is 0 Å². The molecule has 0 unspecified atom stereocenters. The number of unbranched alkanes of at least 4 members (excludes halogenated alkanes) is 9. The number of Topliss-reactive ketones (excluding diaryl/α,β-unsaturated/α-hetero) is 1. The molecule has 3 heteroatoms. The van der Waals surface area contributed by atoms with E-state index in [4.69, 9.17) is 11.5 Å². The summed E-state index contributed by atoms with van der Waals surface area (Å²) < 4.78 is 0. The van der Waals surface area contributed by atoms with Crippen molar-refractivity contribution in [1.82, 2.24) is 0 Å². The van der Waals surface area contributed by atoms with Gasteiger partial charge in [0.25, 0.3) is 0 Å². The SMILES string of the molecule is CCCCCCCCCCCCC(N)(N)CC(=O)C(c1ccccc1)c1ccccc1. The van der Waals surface area contributed by atoms with E-state index in [2.05, 4.69) is 6.92 Å². The fourth-order valence-corrected chi connectivity index (χ4v) is 4.31. The lowest BCUT2D eigenvalue weighted by Gasteiger charge is -2.27. The van der Waals surface area contributed by atoms with Crippen molar-refractivity contribution in [1.29, 1.82) is 0 Å². The molecule has 0 aliphatic heterocycles. The van der Waals surface area contributed by atoms with Gasteiger partial charge in [0.15, 0.2) is 0 Å². The summed E-state index contributed by atoms with van der Waals surface area (Å²) in [5.74, 6) is -0.226. The van der Waals surface area contributed by atoms with E-state index in [1.54, 1.807) is 0 Å². The highest BCUT2D eigenvalue weighted by Crippen LogP contribution is 2.28. The first-order valence-electron chi connectivity index (χ1n) is 12.2. The minimum Gasteiger partial charge on any atom is -0.313 e. The Hall–Kier alpha value is -1.97. The molecule has 2 rings (SSSR count). The van der Waals surface area contributed by atoms with Crippen LogP contribution in [-0.4, -0.2) is 11.4 Å². The molecule has 0 saturated carbocycles. The third-order valence-electron chi connectivity index (χ3n) is 6.09. The van der Waals surface area contributed by atoms with Crippen LogP contribution < -0.4 is 11.5 Å². The first-order chi connectivity index (χ1) is 15.0. The van der Waals surface area contributed by atoms with E-state index in [9.17, 15) is 4.79 Å². The normalized spacial score (nSPS) is 11.7. The number of nitrogens with two attached hydrogens (primary N) is 2. The smallest absolute Gasteiger partial charge is 0.147 e. The Morgan fingerprint density at radius 3 is 1.58 bits per heavy atom. The van der Waals surface area contributed by atoms with Crippen LogP contribution >= 0.6 is 0 Å². The number of ketones is 1. The molecule has 0 amide bonds. The van der Waals surface area contributed by atoms with E-state index in [0.29, 0.717) is 6.42 Å². The summed E-state index contributed by atoms with van der Waals surface area (Å²) in [5.41, 5.74) is 13.8. The number of carbonyl (C=O) groups excluding carboxylic acids is 1. The standard InChI is InChI=1S/C28H42N2O/c1-2-3-4-5-6-7-8-9-10-17-22-28(29,30)23-26(31)27(24-18-13-11-14-19-24)25-20-15-12-16-21-25/h11-16,18-21,27H,2-10,17,22-23,29-30H2,1H3. The average Bonchev–Trinajstić information content (AvgIpc) is 2.76. The Kier molecular flexibility index (Phi) is 11.6. The zero-order valence-electron chi connectivity index (χ0n) is 19.4. The molecule has 0 heterocycles. The zero-order chi connectivity index (χ0) is 22.4. The van der Waals surface area contributed by atoms with Crippen LogP contribution in [0.2, 0.25) is 0 Å². The Morgan fingerprint density at radius 2 is 1.13 bits per heavy atom. The third kappa shape index (κ3) is 9.80. The number of hydrogen-bond donors (Lipinski definition) is 2. The molecular weight excluding hydrogens is 380 g/mol. The monoisotopic (exact) mass is 422 g/mol. The van der Waals surface area contributed by atoms with Gasteiger partial charge in [0.05, 0.1) is 11.6 Å². The van der Waals surface area contributed by atoms with Crippen molar-refractivity contribution in [3.05, 3.63) is 71.8 Å². The van der Waals surface area contributed by atoms with Gasteiger partial charge in [-0.25, -0.2) is 0 Å². The van der Waals surface area contributed by atoms with Crippen molar-refractivity contribution >= 4 is 5.78 Å². The van der Waals surface area contributed by atoms with Crippen molar-refractivity contribution in [2.75, 3.05) is 0 Å². The van der Waals surface area contributed by atoms with Gasteiger partial charge in [-0.05, 0) is 17.5 Å². The molecule has 0 aromatic heterocycles. The lowest BCUT2D eigenvalue weighted by Crippen LogP contribution is -2.51. The third-order valence-corrected chi connectivity index (χ3v) is 6.09. The molecule has 0 bridgehead atoms. The maximum Gasteiger partial charge on any atom is 0.147 e. The van der Waals surface area contributed by atoms with E-state index in [0.717, 1.165) is 24.0 Å². The predicted octanol–water partition coefficient (Wildman–Crippen LogP) is 6.70. The quantitative estimate of drug-likeness (QED) is 0.233. The first-order valence-corrected chi connectivity index (χ1v) is 12.2. The van der Waals surface area contributed by atoms with E-state index in [-0.39, 0.29) is 18.1 Å². The minimum absolute atomic E-state index is 0.0921. The molecule has 4 N–H and O–H groups in total. The van der Waals surface area contributed by atoms with Gasteiger partial charge in [-0.2, -0.15) is 0 Å². The van der Waals surface area contributed by atoms with Crippen LogP contribution in [0.25, 0.3) is 0 Å². The van der Waals surface area contributed by atoms with E-state index < -0.39 is 5.66 Å². The summed E-state index contributed by atoms with van der Waals surface area (Å²) in [6.07, 6.45) is 13.6. The molecule has 2 aromatic rings. The molecule has 2 aromatic carbocycles. The summed E-state index contributed by atoms with van der Waals surface area (Å²) >= 11 is 0. The molecule has 31 heavy (non-hydrogen) atoms. The van der Waals surface area contributed by atoms with Crippen molar-refractivity contribution < 1.29 is 4.79 Å². The highest BCUT2D eigenvalue weighted by atomic mass is 16.1. The number of carbonyl (C=O) groups is 1. The van der Waals surface area contributed by atoms with Crippen LogP contribution in [0, 0.1) is 0 Å². The highest BCUT2D eigenvalue weighted by Gasteiger charge is 2.29. The largest absolute Gasteiger partial charge is 0.313 e. The molecule has 0 fully saturated rings. The highest BCUT2D eigenvalue weighted by molar-refractivity contribution is 5.89. The summed E-state index contributed by atoms with van der Waals surface area (Å²) in [4.78, 5) is 13.3. The molecule has 3 nitrogen and oxygen atoms in total. The summed E-state index contributed by atoms with van der Waals surface area (Å²) in [7, 11) is 0. The Labute approximate surface area is 189 Å². The maximum atomic E-state index is 13.3. The lowest BCUT2D eigenvalue weighted by molar-refractivity contribution is -0.120. The zero-order valence-corrected chi connectivity index (χ0v) is 19.4. The lowest BCUT2D eigenvalue weighted by atomic mass is 9.83. The topological polar surface area (TPSA) is 69.1 Å². The van der Waals surface area contributed by atoms with Crippen LogP contribution in [0.5, 0.6) is 0 Å². The fourth-order valence-electron chi connectivity index (χ4n) is 4.31. The van der Waals surface area contributed by atoms with E-state index in [1.807, 2.05) is 60.7 Å². The summed E-state index contributed by atoms with van der Waals surface area (Å²) in [6.45, 7) is 2.26. The van der Waals surface area contributed by atoms with Crippen LogP contribution in [-0.2, 0) is 4.79 Å². The molecule has 0 aliphatic carbocycles. The summed E-state index contributed by atoms with van der Waals surface area (Å²) in [6, 6.07) is 19.9. The Balaban J connectivity index is 1.79. The Bertz CT molecular complexity index is 688. The number of hydrogen-bond acceptors (Lipinski definition) is 3. The molecule has 0 atom stereocenters. The number of rotatable bonds is 16. The van der Waals surface area contributed by atoms with Gasteiger partial charge >= 0.3 is 0 Å². The second kappa shape index (κ2) is 14.2. The fraction of sp³-hybridized carbons (Fsp3) is 0.536. The molecule has 0 aliphatic rings. The van der Waals surface area contributed by atoms with E-state index >= 15 is 0 Å². The van der Waals surface area contributed by atoms with Crippen molar-refractivity contribution in [3.8, 4) is 0 Å².